The van der Waals surface area contributed by atoms with Crippen molar-refractivity contribution >= 4 is 28.9 Å². The molecule has 1 unspecified atom stereocenters. The number of hydrogen-bond donors (Lipinski definition) is 1. The van der Waals surface area contributed by atoms with Gasteiger partial charge in [0.1, 0.15) is 5.69 Å². The van der Waals surface area contributed by atoms with E-state index in [4.69, 9.17) is 11.6 Å². The van der Waals surface area contributed by atoms with E-state index in [1.165, 1.54) is 12.8 Å². The van der Waals surface area contributed by atoms with E-state index >= 15 is 0 Å². The smallest absolute Gasteiger partial charge is 0.274 e. The lowest BCUT2D eigenvalue weighted by Crippen LogP contribution is -2.34. The first-order valence-electron chi connectivity index (χ1n) is 8.32. The van der Waals surface area contributed by atoms with Gasteiger partial charge in [0.25, 0.3) is 5.91 Å². The van der Waals surface area contributed by atoms with E-state index in [2.05, 4.69) is 22.1 Å². The minimum Gasteiger partial charge on any atom is -0.370 e. The van der Waals surface area contributed by atoms with Crippen LogP contribution in [-0.2, 0) is 0 Å². The number of piperidine rings is 1. The molecule has 1 fully saturated rings. The van der Waals surface area contributed by atoms with Crippen molar-refractivity contribution in [3.05, 3.63) is 52.8 Å². The van der Waals surface area contributed by atoms with Crippen molar-refractivity contribution in [3.63, 3.8) is 0 Å². The number of anilines is 2. The zero-order valence-electron chi connectivity index (χ0n) is 14.1. The summed E-state index contributed by atoms with van der Waals surface area (Å²) in [5, 5.41) is 3.51. The Bertz CT molecular complexity index is 730. The summed E-state index contributed by atoms with van der Waals surface area (Å²) < 4.78 is 0. The molecule has 1 amide bonds. The van der Waals surface area contributed by atoms with Crippen LogP contribution in [0, 0.1) is 12.8 Å². The molecule has 1 aliphatic heterocycles. The highest BCUT2D eigenvalue weighted by atomic mass is 35.5. The van der Waals surface area contributed by atoms with Crippen LogP contribution in [0.4, 0.5) is 11.4 Å². The lowest BCUT2D eigenvalue weighted by Gasteiger charge is -2.32. The molecule has 1 aromatic carbocycles. The van der Waals surface area contributed by atoms with Crippen LogP contribution in [0.5, 0.6) is 0 Å². The Hall–Kier alpha value is -2.07. The van der Waals surface area contributed by atoms with Crippen molar-refractivity contribution in [1.29, 1.82) is 0 Å². The van der Waals surface area contributed by atoms with Crippen LogP contribution < -0.4 is 10.2 Å². The average Bonchev–Trinajstić information content (AvgIpc) is 2.59. The Morgan fingerprint density at radius 3 is 2.88 bits per heavy atom. The van der Waals surface area contributed by atoms with Crippen LogP contribution in [0.1, 0.15) is 35.8 Å². The van der Waals surface area contributed by atoms with Crippen molar-refractivity contribution in [2.45, 2.75) is 26.7 Å². The van der Waals surface area contributed by atoms with Crippen molar-refractivity contribution in [2.75, 3.05) is 23.3 Å². The summed E-state index contributed by atoms with van der Waals surface area (Å²) in [5.41, 5.74) is 3.05. The summed E-state index contributed by atoms with van der Waals surface area (Å²) in [6.45, 7) is 6.26. The standard InChI is InChI=1S/C19H22ClN3O/c1-13-5-4-10-23(12-13)15-8-9-18(21-11-15)19(24)22-17-7-3-6-16(20)14(17)2/h3,6-9,11,13H,4-5,10,12H2,1-2H3,(H,22,24). The summed E-state index contributed by atoms with van der Waals surface area (Å²) in [7, 11) is 0. The molecule has 3 rings (SSSR count). The van der Waals surface area contributed by atoms with E-state index in [1.54, 1.807) is 18.3 Å². The Kier molecular flexibility index (Phi) is 5.05. The SMILES string of the molecule is Cc1c(Cl)cccc1NC(=O)c1ccc(N2CCCC(C)C2)cn1. The fraction of sp³-hybridized carbons (Fsp3) is 0.368. The van der Waals surface area contributed by atoms with Crippen LogP contribution >= 0.6 is 11.6 Å². The van der Waals surface area contributed by atoms with E-state index in [1.807, 2.05) is 25.1 Å². The third-order valence-electron chi connectivity index (χ3n) is 4.52. The summed E-state index contributed by atoms with van der Waals surface area (Å²) >= 11 is 6.09. The second kappa shape index (κ2) is 7.22. The summed E-state index contributed by atoms with van der Waals surface area (Å²) in [6, 6.07) is 9.22. The molecule has 2 aromatic rings. The normalized spacial score (nSPS) is 17.6. The van der Waals surface area contributed by atoms with Gasteiger partial charge in [-0.15, -0.1) is 0 Å². The maximum absolute atomic E-state index is 12.4. The van der Waals surface area contributed by atoms with Gasteiger partial charge in [-0.1, -0.05) is 24.6 Å². The van der Waals surface area contributed by atoms with Crippen LogP contribution in [-0.4, -0.2) is 24.0 Å². The number of benzene rings is 1. The van der Waals surface area contributed by atoms with Crippen LogP contribution in [0.25, 0.3) is 0 Å². The molecule has 1 atom stereocenters. The number of halogens is 1. The third kappa shape index (κ3) is 3.70. The molecule has 126 valence electrons. The molecular formula is C19H22ClN3O. The van der Waals surface area contributed by atoms with Gasteiger partial charge in [0.2, 0.25) is 0 Å². The lowest BCUT2D eigenvalue weighted by molar-refractivity contribution is 0.102. The van der Waals surface area contributed by atoms with Crippen molar-refractivity contribution < 1.29 is 4.79 Å². The average molecular weight is 344 g/mol. The maximum atomic E-state index is 12.4. The predicted molar refractivity (Wildman–Crippen MR) is 99.0 cm³/mol. The number of amides is 1. The van der Waals surface area contributed by atoms with Gasteiger partial charge in [0.15, 0.2) is 0 Å². The first-order valence-corrected chi connectivity index (χ1v) is 8.70. The Morgan fingerprint density at radius 2 is 2.17 bits per heavy atom. The predicted octanol–water partition coefficient (Wildman–Crippen LogP) is 4.53. The molecule has 1 saturated heterocycles. The molecule has 0 spiro atoms. The molecular weight excluding hydrogens is 322 g/mol. The van der Waals surface area contributed by atoms with Crippen molar-refractivity contribution in [1.82, 2.24) is 4.98 Å². The molecule has 4 nitrogen and oxygen atoms in total. The first-order chi connectivity index (χ1) is 11.5. The number of aromatic nitrogens is 1. The molecule has 2 heterocycles. The van der Waals surface area contributed by atoms with Gasteiger partial charge in [-0.05, 0) is 55.5 Å². The summed E-state index contributed by atoms with van der Waals surface area (Å²) in [6.07, 6.45) is 4.28. The highest BCUT2D eigenvalue weighted by molar-refractivity contribution is 6.31. The maximum Gasteiger partial charge on any atom is 0.274 e. The molecule has 24 heavy (non-hydrogen) atoms. The van der Waals surface area contributed by atoms with Crippen LogP contribution in [0.3, 0.4) is 0 Å². The summed E-state index contributed by atoms with van der Waals surface area (Å²) in [5.74, 6) is 0.478. The molecule has 1 aromatic heterocycles. The zero-order chi connectivity index (χ0) is 17.1. The van der Waals surface area contributed by atoms with Gasteiger partial charge in [-0.2, -0.15) is 0 Å². The number of carbonyl (C=O) groups excluding carboxylic acids is 1. The molecule has 0 radical (unpaired) electrons. The monoisotopic (exact) mass is 343 g/mol. The van der Waals surface area contributed by atoms with E-state index in [9.17, 15) is 4.79 Å². The Balaban J connectivity index is 1.71. The number of hydrogen-bond acceptors (Lipinski definition) is 3. The lowest BCUT2D eigenvalue weighted by atomic mass is 10.00. The Morgan fingerprint density at radius 1 is 1.33 bits per heavy atom. The molecule has 5 heteroatoms. The van der Waals surface area contributed by atoms with Gasteiger partial charge in [-0.3, -0.25) is 4.79 Å². The van der Waals surface area contributed by atoms with Gasteiger partial charge in [0, 0.05) is 23.8 Å². The quantitative estimate of drug-likeness (QED) is 0.890. The van der Waals surface area contributed by atoms with Gasteiger partial charge in [-0.25, -0.2) is 4.98 Å². The number of pyridine rings is 1. The summed E-state index contributed by atoms with van der Waals surface area (Å²) in [4.78, 5) is 19.1. The van der Waals surface area contributed by atoms with Gasteiger partial charge < -0.3 is 10.2 Å². The minimum absolute atomic E-state index is 0.223. The number of carbonyl (C=O) groups is 1. The zero-order valence-corrected chi connectivity index (χ0v) is 14.8. The van der Waals surface area contributed by atoms with Crippen LogP contribution in [0.2, 0.25) is 5.02 Å². The fourth-order valence-electron chi connectivity index (χ4n) is 3.06. The number of nitrogens with zero attached hydrogens (tertiary/aromatic N) is 2. The van der Waals surface area contributed by atoms with E-state index in [-0.39, 0.29) is 5.91 Å². The van der Waals surface area contributed by atoms with Gasteiger partial charge in [0.05, 0.1) is 11.9 Å². The molecule has 1 N–H and O–H groups in total. The Labute approximate surface area is 147 Å². The first kappa shape index (κ1) is 16.8. The van der Waals surface area contributed by atoms with Crippen LogP contribution in [0.15, 0.2) is 36.5 Å². The molecule has 0 saturated carbocycles. The van der Waals surface area contributed by atoms with E-state index in [0.717, 1.165) is 24.3 Å². The van der Waals surface area contributed by atoms with Crippen molar-refractivity contribution in [2.24, 2.45) is 5.92 Å². The van der Waals surface area contributed by atoms with E-state index in [0.29, 0.717) is 22.3 Å². The second-order valence-corrected chi connectivity index (χ2v) is 6.87. The third-order valence-corrected chi connectivity index (χ3v) is 4.93. The molecule has 0 aliphatic carbocycles. The highest BCUT2D eigenvalue weighted by Gasteiger charge is 2.17. The molecule has 1 aliphatic rings. The van der Waals surface area contributed by atoms with Crippen molar-refractivity contribution in [3.8, 4) is 0 Å². The van der Waals surface area contributed by atoms with E-state index < -0.39 is 0 Å². The highest BCUT2D eigenvalue weighted by Crippen LogP contribution is 2.24. The number of rotatable bonds is 3. The molecule has 0 bridgehead atoms. The topological polar surface area (TPSA) is 45.2 Å². The second-order valence-electron chi connectivity index (χ2n) is 6.46. The largest absolute Gasteiger partial charge is 0.370 e. The van der Waals surface area contributed by atoms with Gasteiger partial charge >= 0.3 is 0 Å². The minimum atomic E-state index is -0.223. The number of nitrogens with one attached hydrogen (secondary N) is 1. The fourth-order valence-corrected chi connectivity index (χ4v) is 3.24.